The van der Waals surface area contributed by atoms with E-state index in [1.165, 1.54) is 11.1 Å². The molecule has 0 bridgehead atoms. The van der Waals surface area contributed by atoms with Gasteiger partial charge in [0.05, 0.1) is 6.04 Å². The molecule has 1 heterocycles. The maximum atomic E-state index is 12.3. The lowest BCUT2D eigenvalue weighted by Gasteiger charge is -2.23. The summed E-state index contributed by atoms with van der Waals surface area (Å²) in [6.07, 6.45) is 1.90. The first-order chi connectivity index (χ1) is 9.49. The van der Waals surface area contributed by atoms with Gasteiger partial charge in [-0.15, -0.1) is 0 Å². The van der Waals surface area contributed by atoms with Gasteiger partial charge < -0.3 is 10.2 Å². The van der Waals surface area contributed by atoms with Crippen LogP contribution in [0.3, 0.4) is 0 Å². The van der Waals surface area contributed by atoms with E-state index in [1.807, 2.05) is 4.90 Å². The van der Waals surface area contributed by atoms with E-state index in [0.717, 1.165) is 19.4 Å². The molecule has 110 valence electrons. The van der Waals surface area contributed by atoms with Crippen molar-refractivity contribution in [2.75, 3.05) is 6.54 Å². The molecule has 1 aliphatic heterocycles. The second-order valence-electron chi connectivity index (χ2n) is 6.16. The fraction of sp³-hybridized carbons (Fsp3) is 0.588. The van der Waals surface area contributed by atoms with E-state index in [2.05, 4.69) is 57.3 Å². The Bertz CT molecular complexity index is 470. The molecule has 1 saturated heterocycles. The molecule has 1 aromatic carbocycles. The van der Waals surface area contributed by atoms with E-state index in [1.54, 1.807) is 0 Å². The number of aryl methyl sites for hydroxylation is 1. The third-order valence-corrected chi connectivity index (χ3v) is 4.14. The van der Waals surface area contributed by atoms with Crippen LogP contribution in [0.2, 0.25) is 0 Å². The summed E-state index contributed by atoms with van der Waals surface area (Å²) in [6.45, 7) is 9.35. The lowest BCUT2D eigenvalue weighted by molar-refractivity contribution is -0.130. The Labute approximate surface area is 122 Å². The van der Waals surface area contributed by atoms with Gasteiger partial charge in [-0.1, -0.05) is 24.3 Å². The Morgan fingerprint density at radius 1 is 1.30 bits per heavy atom. The molecule has 2 atom stereocenters. The summed E-state index contributed by atoms with van der Waals surface area (Å²) in [5, 5.41) is 3.50. The van der Waals surface area contributed by atoms with Crippen molar-refractivity contribution >= 4 is 5.91 Å². The monoisotopic (exact) mass is 274 g/mol. The van der Waals surface area contributed by atoms with Crippen LogP contribution in [0, 0.1) is 6.92 Å². The minimum Gasteiger partial charge on any atom is -0.339 e. The van der Waals surface area contributed by atoms with Crippen LogP contribution in [-0.4, -0.2) is 35.5 Å². The van der Waals surface area contributed by atoms with E-state index in [9.17, 15) is 4.79 Å². The molecule has 1 aliphatic rings. The van der Waals surface area contributed by atoms with Crippen LogP contribution in [0.15, 0.2) is 24.3 Å². The minimum absolute atomic E-state index is 0.00332. The van der Waals surface area contributed by atoms with Crippen molar-refractivity contribution in [2.45, 2.75) is 58.7 Å². The van der Waals surface area contributed by atoms with Crippen molar-refractivity contribution in [3.63, 3.8) is 0 Å². The van der Waals surface area contributed by atoms with E-state index in [-0.39, 0.29) is 11.9 Å². The normalized spacial score (nSPS) is 20.8. The average molecular weight is 274 g/mol. The molecule has 2 rings (SSSR count). The topological polar surface area (TPSA) is 32.3 Å². The fourth-order valence-electron chi connectivity index (χ4n) is 2.94. The second kappa shape index (κ2) is 6.40. The van der Waals surface area contributed by atoms with Gasteiger partial charge in [0.15, 0.2) is 0 Å². The zero-order valence-corrected chi connectivity index (χ0v) is 13.0. The third kappa shape index (κ3) is 3.40. The quantitative estimate of drug-likeness (QED) is 0.895. The van der Waals surface area contributed by atoms with Crippen molar-refractivity contribution in [2.24, 2.45) is 0 Å². The van der Waals surface area contributed by atoms with Gasteiger partial charge in [0.25, 0.3) is 0 Å². The Morgan fingerprint density at radius 2 is 2.00 bits per heavy atom. The number of nitrogens with one attached hydrogen (secondary N) is 1. The van der Waals surface area contributed by atoms with Crippen LogP contribution in [0.25, 0.3) is 0 Å². The third-order valence-electron chi connectivity index (χ3n) is 4.14. The van der Waals surface area contributed by atoms with Gasteiger partial charge in [-0.2, -0.15) is 0 Å². The number of carbonyl (C=O) groups is 1. The first kappa shape index (κ1) is 15.0. The highest BCUT2D eigenvalue weighted by Crippen LogP contribution is 2.16. The molecule has 0 aromatic heterocycles. The summed E-state index contributed by atoms with van der Waals surface area (Å²) < 4.78 is 0. The number of benzene rings is 1. The molecule has 0 spiro atoms. The minimum atomic E-state index is -0.00332. The molecule has 3 nitrogen and oxygen atoms in total. The number of likely N-dealkylation sites (tertiary alicyclic amines) is 1. The largest absolute Gasteiger partial charge is 0.339 e. The van der Waals surface area contributed by atoms with Crippen LogP contribution in [0.1, 0.15) is 38.3 Å². The molecule has 1 amide bonds. The van der Waals surface area contributed by atoms with Crippen LogP contribution in [0.5, 0.6) is 0 Å². The highest BCUT2D eigenvalue weighted by molar-refractivity contribution is 5.84. The lowest BCUT2D eigenvalue weighted by Crippen LogP contribution is -2.44. The molecular weight excluding hydrogens is 248 g/mol. The van der Waals surface area contributed by atoms with Crippen molar-refractivity contribution in [3.8, 4) is 0 Å². The van der Waals surface area contributed by atoms with Crippen LogP contribution in [-0.2, 0) is 11.2 Å². The molecular formula is C17H26N2O. The van der Waals surface area contributed by atoms with E-state index < -0.39 is 0 Å². The first-order valence-corrected chi connectivity index (χ1v) is 7.60. The Morgan fingerprint density at radius 3 is 2.60 bits per heavy atom. The van der Waals surface area contributed by atoms with Gasteiger partial charge in [0, 0.05) is 18.6 Å². The second-order valence-corrected chi connectivity index (χ2v) is 6.16. The molecule has 1 fully saturated rings. The highest BCUT2D eigenvalue weighted by atomic mass is 16.2. The summed E-state index contributed by atoms with van der Waals surface area (Å²) >= 11 is 0. The molecule has 3 heteroatoms. The van der Waals surface area contributed by atoms with Gasteiger partial charge in [-0.25, -0.2) is 0 Å². The average Bonchev–Trinajstić information content (AvgIpc) is 2.74. The van der Waals surface area contributed by atoms with E-state index in [0.29, 0.717) is 12.1 Å². The summed E-state index contributed by atoms with van der Waals surface area (Å²) in [7, 11) is 0. The summed E-state index contributed by atoms with van der Waals surface area (Å²) in [5.74, 6) is 0.261. The maximum Gasteiger partial charge on any atom is 0.240 e. The smallest absolute Gasteiger partial charge is 0.240 e. The molecule has 1 aromatic rings. The van der Waals surface area contributed by atoms with Crippen molar-refractivity contribution in [1.82, 2.24) is 10.2 Å². The molecule has 0 saturated carbocycles. The molecule has 0 aliphatic carbocycles. The lowest BCUT2D eigenvalue weighted by atomic mass is 10.0. The Balaban J connectivity index is 1.91. The summed E-state index contributed by atoms with van der Waals surface area (Å²) in [4.78, 5) is 14.2. The van der Waals surface area contributed by atoms with Gasteiger partial charge >= 0.3 is 0 Å². The van der Waals surface area contributed by atoms with Crippen molar-refractivity contribution in [3.05, 3.63) is 35.4 Å². The maximum absolute atomic E-state index is 12.3. The zero-order valence-electron chi connectivity index (χ0n) is 13.0. The fourth-order valence-corrected chi connectivity index (χ4v) is 2.94. The molecule has 0 radical (unpaired) electrons. The molecule has 1 N–H and O–H groups in total. The number of hydrogen-bond donors (Lipinski definition) is 1. The van der Waals surface area contributed by atoms with Gasteiger partial charge in [-0.05, 0) is 51.7 Å². The number of hydrogen-bond acceptors (Lipinski definition) is 2. The van der Waals surface area contributed by atoms with Crippen molar-refractivity contribution in [1.29, 1.82) is 0 Å². The van der Waals surface area contributed by atoms with E-state index >= 15 is 0 Å². The van der Waals surface area contributed by atoms with Crippen LogP contribution in [0.4, 0.5) is 0 Å². The number of amides is 1. The van der Waals surface area contributed by atoms with Crippen LogP contribution >= 0.6 is 0 Å². The summed E-state index contributed by atoms with van der Waals surface area (Å²) in [5.41, 5.74) is 2.68. The van der Waals surface area contributed by atoms with Gasteiger partial charge in [0.1, 0.15) is 0 Å². The predicted molar refractivity (Wildman–Crippen MR) is 82.7 cm³/mol. The van der Waals surface area contributed by atoms with Crippen molar-refractivity contribution < 1.29 is 4.79 Å². The predicted octanol–water partition coefficient (Wildman–Crippen LogP) is 2.52. The van der Waals surface area contributed by atoms with Gasteiger partial charge in [0.2, 0.25) is 5.91 Å². The Hall–Kier alpha value is -1.35. The number of rotatable bonds is 5. The molecule has 20 heavy (non-hydrogen) atoms. The zero-order chi connectivity index (χ0) is 14.7. The first-order valence-electron chi connectivity index (χ1n) is 7.60. The van der Waals surface area contributed by atoms with Gasteiger partial charge in [-0.3, -0.25) is 4.79 Å². The number of carbonyl (C=O) groups excluding carboxylic acids is 1. The molecule has 0 unspecified atom stereocenters. The Kier molecular flexibility index (Phi) is 4.81. The number of nitrogens with zero attached hydrogens (tertiary/aromatic N) is 1. The highest BCUT2D eigenvalue weighted by Gasteiger charge is 2.33. The standard InChI is InChI=1S/C17H26N2O/c1-12(2)19-10-9-16(17(19)20)18-14(4)11-15-8-6-5-7-13(15)3/h5-8,12,14,16,18H,9-11H2,1-4H3/t14-,16+/m1/s1. The summed E-state index contributed by atoms with van der Waals surface area (Å²) in [6, 6.07) is 9.08. The SMILES string of the molecule is Cc1ccccc1C[C@@H](C)N[C@H]1CCN(C(C)C)C1=O. The van der Waals surface area contributed by atoms with Crippen LogP contribution < -0.4 is 5.32 Å². The van der Waals surface area contributed by atoms with E-state index in [4.69, 9.17) is 0 Å².